The van der Waals surface area contributed by atoms with E-state index in [9.17, 15) is 18.0 Å². The number of benzene rings is 2. The lowest BCUT2D eigenvalue weighted by atomic mass is 10.1. The average molecular weight is 490 g/mol. The highest BCUT2D eigenvalue weighted by atomic mass is 32.2. The lowest BCUT2D eigenvalue weighted by Gasteiger charge is -2.33. The fraction of sp³-hybridized carbons (Fsp3) is 0.440. The zero-order chi connectivity index (χ0) is 25.7. The zero-order valence-electron chi connectivity index (χ0n) is 21.0. The predicted octanol–water partition coefficient (Wildman–Crippen LogP) is 3.10. The van der Waals surface area contributed by atoms with Crippen LogP contribution in [0.2, 0.25) is 0 Å². The topological polar surface area (TPSA) is 96.0 Å². The molecular weight excluding hydrogens is 454 g/mol. The summed E-state index contributed by atoms with van der Waals surface area (Å²) in [5.74, 6) is -0.142. The van der Waals surface area contributed by atoms with Crippen LogP contribution in [0.15, 0.2) is 48.5 Å². The van der Waals surface area contributed by atoms with Crippen LogP contribution in [0.5, 0.6) is 5.75 Å². The molecule has 0 saturated heterocycles. The summed E-state index contributed by atoms with van der Waals surface area (Å²) in [6, 6.07) is 13.2. The van der Waals surface area contributed by atoms with Gasteiger partial charge in [-0.15, -0.1) is 0 Å². The first kappa shape index (κ1) is 27.2. The van der Waals surface area contributed by atoms with Gasteiger partial charge >= 0.3 is 0 Å². The number of hydrogen-bond acceptors (Lipinski definition) is 5. The standard InChI is InChI=1S/C25H35N3O5S/c1-18-8-12-21(13-9-18)28(34(7,31)32)17-23(29)27(19(2)24(30)26-25(3,4)5)16-20-10-14-22(33-6)15-11-20/h8-15,19H,16-17H2,1-7H3,(H,26,30)/t19-/m0/s1. The number of carbonyl (C=O) groups excluding carboxylic acids is 2. The van der Waals surface area contributed by atoms with Gasteiger partial charge in [-0.3, -0.25) is 13.9 Å². The number of anilines is 1. The van der Waals surface area contributed by atoms with Crippen molar-refractivity contribution in [2.75, 3.05) is 24.2 Å². The highest BCUT2D eigenvalue weighted by Gasteiger charge is 2.31. The van der Waals surface area contributed by atoms with Crippen LogP contribution in [-0.2, 0) is 26.2 Å². The minimum atomic E-state index is -3.75. The minimum absolute atomic E-state index is 0.132. The molecule has 2 aromatic rings. The van der Waals surface area contributed by atoms with Gasteiger partial charge in [0.1, 0.15) is 18.3 Å². The van der Waals surface area contributed by atoms with Gasteiger partial charge in [-0.25, -0.2) is 8.42 Å². The van der Waals surface area contributed by atoms with Crippen LogP contribution in [0.4, 0.5) is 5.69 Å². The molecule has 2 amide bonds. The van der Waals surface area contributed by atoms with E-state index in [1.54, 1.807) is 50.4 Å². The first-order valence-electron chi connectivity index (χ1n) is 11.0. The number of nitrogens with zero attached hydrogens (tertiary/aromatic N) is 2. The SMILES string of the molecule is COc1ccc(CN(C(=O)CN(c2ccc(C)cc2)S(C)(=O)=O)[C@@H](C)C(=O)NC(C)(C)C)cc1. The minimum Gasteiger partial charge on any atom is -0.497 e. The third kappa shape index (κ3) is 7.76. The number of rotatable bonds is 9. The summed E-state index contributed by atoms with van der Waals surface area (Å²) < 4.78 is 31.4. The number of methoxy groups -OCH3 is 1. The summed E-state index contributed by atoms with van der Waals surface area (Å²) in [5.41, 5.74) is 1.65. The van der Waals surface area contributed by atoms with E-state index in [1.165, 1.54) is 4.90 Å². The van der Waals surface area contributed by atoms with Gasteiger partial charge in [0, 0.05) is 12.1 Å². The van der Waals surface area contributed by atoms with Crippen LogP contribution in [0.1, 0.15) is 38.8 Å². The summed E-state index contributed by atoms with van der Waals surface area (Å²) in [4.78, 5) is 27.8. The molecule has 186 valence electrons. The van der Waals surface area contributed by atoms with Crippen LogP contribution < -0.4 is 14.4 Å². The van der Waals surface area contributed by atoms with Crippen molar-refractivity contribution in [1.29, 1.82) is 0 Å². The Morgan fingerprint density at radius 1 is 1.03 bits per heavy atom. The van der Waals surface area contributed by atoms with E-state index >= 15 is 0 Å². The van der Waals surface area contributed by atoms with Gasteiger partial charge in [-0.1, -0.05) is 29.8 Å². The van der Waals surface area contributed by atoms with E-state index in [0.29, 0.717) is 11.4 Å². The summed E-state index contributed by atoms with van der Waals surface area (Å²) >= 11 is 0. The van der Waals surface area contributed by atoms with Crippen molar-refractivity contribution < 1.29 is 22.7 Å². The van der Waals surface area contributed by atoms with E-state index in [0.717, 1.165) is 21.7 Å². The molecule has 34 heavy (non-hydrogen) atoms. The molecule has 8 nitrogen and oxygen atoms in total. The van der Waals surface area contributed by atoms with E-state index in [1.807, 2.05) is 39.8 Å². The number of carbonyl (C=O) groups is 2. The Labute approximate surface area is 202 Å². The first-order chi connectivity index (χ1) is 15.7. The van der Waals surface area contributed by atoms with Gasteiger partial charge in [0.05, 0.1) is 19.1 Å². The Hall–Kier alpha value is -3.07. The van der Waals surface area contributed by atoms with E-state index in [4.69, 9.17) is 4.74 Å². The third-order valence-corrected chi connectivity index (χ3v) is 6.32. The Morgan fingerprint density at radius 3 is 2.06 bits per heavy atom. The van der Waals surface area contributed by atoms with Crippen LogP contribution in [0.3, 0.4) is 0 Å². The maximum atomic E-state index is 13.5. The molecule has 0 saturated carbocycles. The van der Waals surface area contributed by atoms with Crippen LogP contribution >= 0.6 is 0 Å². The fourth-order valence-corrected chi connectivity index (χ4v) is 4.16. The Morgan fingerprint density at radius 2 is 1.59 bits per heavy atom. The largest absolute Gasteiger partial charge is 0.497 e. The van der Waals surface area contributed by atoms with E-state index < -0.39 is 34.1 Å². The third-order valence-electron chi connectivity index (χ3n) is 5.18. The summed E-state index contributed by atoms with van der Waals surface area (Å²) in [7, 11) is -2.18. The normalized spacial score (nSPS) is 12.6. The summed E-state index contributed by atoms with van der Waals surface area (Å²) in [5, 5.41) is 2.90. The molecule has 2 aromatic carbocycles. The number of nitrogens with one attached hydrogen (secondary N) is 1. The second kappa shape index (κ2) is 10.9. The van der Waals surface area contributed by atoms with Crippen molar-refractivity contribution in [2.24, 2.45) is 0 Å². The molecule has 0 aliphatic heterocycles. The number of sulfonamides is 1. The summed E-state index contributed by atoms with van der Waals surface area (Å²) in [6.07, 6.45) is 1.06. The maximum absolute atomic E-state index is 13.5. The molecular formula is C25H35N3O5S. The quantitative estimate of drug-likeness (QED) is 0.584. The lowest BCUT2D eigenvalue weighted by molar-refractivity contribution is -0.140. The second-order valence-corrected chi connectivity index (χ2v) is 11.3. The molecule has 2 rings (SSSR count). The number of amides is 2. The highest BCUT2D eigenvalue weighted by Crippen LogP contribution is 2.20. The summed E-state index contributed by atoms with van der Waals surface area (Å²) in [6.45, 7) is 8.81. The van der Waals surface area contributed by atoms with Crippen molar-refractivity contribution in [1.82, 2.24) is 10.2 Å². The molecule has 1 N–H and O–H groups in total. The number of ether oxygens (including phenoxy) is 1. The van der Waals surface area contributed by atoms with Gasteiger partial charge in [0.2, 0.25) is 21.8 Å². The molecule has 0 aromatic heterocycles. The van der Waals surface area contributed by atoms with Gasteiger partial charge in [0.25, 0.3) is 0 Å². The fourth-order valence-electron chi connectivity index (χ4n) is 3.31. The molecule has 9 heteroatoms. The molecule has 0 bridgehead atoms. The molecule has 0 heterocycles. The van der Waals surface area contributed by atoms with Gasteiger partial charge in [0.15, 0.2) is 0 Å². The van der Waals surface area contributed by atoms with Crippen molar-refractivity contribution in [3.63, 3.8) is 0 Å². The molecule has 0 fully saturated rings. The molecule has 0 aliphatic rings. The Kier molecular flexibility index (Phi) is 8.72. The average Bonchev–Trinajstić information content (AvgIpc) is 2.74. The van der Waals surface area contributed by atoms with E-state index in [2.05, 4.69) is 5.32 Å². The van der Waals surface area contributed by atoms with E-state index in [-0.39, 0.29) is 12.5 Å². The first-order valence-corrected chi connectivity index (χ1v) is 12.8. The lowest BCUT2D eigenvalue weighted by Crippen LogP contribution is -2.54. The molecule has 1 atom stereocenters. The number of hydrogen-bond donors (Lipinski definition) is 1. The van der Waals surface area contributed by atoms with Crippen molar-refractivity contribution in [3.05, 3.63) is 59.7 Å². The molecule has 0 aliphatic carbocycles. The molecule has 0 unspecified atom stereocenters. The highest BCUT2D eigenvalue weighted by molar-refractivity contribution is 7.92. The zero-order valence-corrected chi connectivity index (χ0v) is 21.8. The van der Waals surface area contributed by atoms with Crippen molar-refractivity contribution in [3.8, 4) is 5.75 Å². The molecule has 0 spiro atoms. The van der Waals surface area contributed by atoms with Gasteiger partial charge < -0.3 is 15.0 Å². The maximum Gasteiger partial charge on any atom is 0.244 e. The predicted molar refractivity (Wildman–Crippen MR) is 134 cm³/mol. The van der Waals surface area contributed by atoms with Crippen LogP contribution in [0, 0.1) is 6.92 Å². The van der Waals surface area contributed by atoms with Crippen LogP contribution in [0.25, 0.3) is 0 Å². The Bertz CT molecular complexity index is 1090. The number of aryl methyl sites for hydroxylation is 1. The van der Waals surface area contributed by atoms with Crippen molar-refractivity contribution in [2.45, 2.75) is 52.7 Å². The van der Waals surface area contributed by atoms with Crippen molar-refractivity contribution >= 4 is 27.5 Å². The van der Waals surface area contributed by atoms with Gasteiger partial charge in [-0.05, 0) is 64.4 Å². The van der Waals surface area contributed by atoms with Gasteiger partial charge in [-0.2, -0.15) is 0 Å². The second-order valence-electron chi connectivity index (χ2n) is 9.39. The smallest absolute Gasteiger partial charge is 0.244 e. The molecule has 0 radical (unpaired) electrons. The monoisotopic (exact) mass is 489 g/mol. The van der Waals surface area contributed by atoms with Crippen LogP contribution in [-0.4, -0.2) is 56.6 Å². The Balaban J connectivity index is 2.38.